The van der Waals surface area contributed by atoms with E-state index in [2.05, 4.69) is 22.8 Å². The highest BCUT2D eigenvalue weighted by Gasteiger charge is 2.14. The highest BCUT2D eigenvalue weighted by molar-refractivity contribution is 5.44. The Morgan fingerprint density at radius 1 is 1.21 bits per heavy atom. The zero-order valence-corrected chi connectivity index (χ0v) is 11.3. The Morgan fingerprint density at radius 3 is 3.05 bits per heavy atom. The van der Waals surface area contributed by atoms with Crippen LogP contribution < -0.4 is 20.1 Å². The number of hydrogen-bond acceptors (Lipinski definition) is 4. The zero-order valence-electron chi connectivity index (χ0n) is 11.3. The number of rotatable bonds is 6. The summed E-state index contributed by atoms with van der Waals surface area (Å²) < 4.78 is 10.7. The summed E-state index contributed by atoms with van der Waals surface area (Å²) in [7, 11) is 0. The lowest BCUT2D eigenvalue weighted by molar-refractivity contribution is 0.174. The second kappa shape index (κ2) is 6.26. The van der Waals surface area contributed by atoms with E-state index in [9.17, 15) is 0 Å². The monoisotopic (exact) mass is 262 g/mol. The van der Waals surface area contributed by atoms with Gasteiger partial charge in [-0.1, -0.05) is 6.07 Å². The fraction of sp³-hybridized carbons (Fsp3) is 0.600. The maximum atomic E-state index is 5.38. The van der Waals surface area contributed by atoms with Crippen molar-refractivity contribution in [3.63, 3.8) is 0 Å². The molecule has 2 aliphatic rings. The number of ether oxygens (including phenoxy) is 2. The van der Waals surface area contributed by atoms with Crippen molar-refractivity contribution in [2.75, 3.05) is 33.0 Å². The van der Waals surface area contributed by atoms with Gasteiger partial charge in [-0.05, 0) is 69.1 Å². The first-order valence-electron chi connectivity index (χ1n) is 7.22. The molecule has 19 heavy (non-hydrogen) atoms. The summed E-state index contributed by atoms with van der Waals surface area (Å²) in [5.74, 6) is 2.62. The molecule has 0 amide bonds. The minimum Gasteiger partial charge on any atom is -0.454 e. The van der Waals surface area contributed by atoms with Crippen LogP contribution in [0.15, 0.2) is 18.2 Å². The van der Waals surface area contributed by atoms with Crippen LogP contribution in [0, 0.1) is 5.92 Å². The van der Waals surface area contributed by atoms with Gasteiger partial charge in [0.2, 0.25) is 6.79 Å². The molecule has 1 atom stereocenters. The van der Waals surface area contributed by atoms with Crippen molar-refractivity contribution >= 4 is 0 Å². The molecular weight excluding hydrogens is 240 g/mol. The lowest BCUT2D eigenvalue weighted by Crippen LogP contribution is -2.21. The first-order chi connectivity index (χ1) is 9.42. The van der Waals surface area contributed by atoms with Gasteiger partial charge >= 0.3 is 0 Å². The van der Waals surface area contributed by atoms with E-state index in [-0.39, 0.29) is 0 Å². The second-order valence-electron chi connectivity index (χ2n) is 5.34. The number of hydrogen-bond donors (Lipinski definition) is 2. The van der Waals surface area contributed by atoms with Crippen molar-refractivity contribution in [2.45, 2.75) is 19.3 Å². The van der Waals surface area contributed by atoms with Crippen LogP contribution in [0.1, 0.15) is 18.4 Å². The highest BCUT2D eigenvalue weighted by atomic mass is 16.7. The van der Waals surface area contributed by atoms with E-state index in [4.69, 9.17) is 9.47 Å². The van der Waals surface area contributed by atoms with Gasteiger partial charge in [0.1, 0.15) is 0 Å². The molecule has 4 nitrogen and oxygen atoms in total. The van der Waals surface area contributed by atoms with Crippen molar-refractivity contribution < 1.29 is 9.47 Å². The lowest BCUT2D eigenvalue weighted by atomic mass is 10.1. The summed E-state index contributed by atoms with van der Waals surface area (Å²) in [6.07, 6.45) is 3.66. The Bertz CT molecular complexity index is 417. The predicted molar refractivity (Wildman–Crippen MR) is 74.7 cm³/mol. The number of benzene rings is 1. The molecule has 1 aromatic carbocycles. The highest BCUT2D eigenvalue weighted by Crippen LogP contribution is 2.32. The summed E-state index contributed by atoms with van der Waals surface area (Å²) in [6.45, 7) is 4.90. The Labute approximate surface area is 114 Å². The van der Waals surface area contributed by atoms with E-state index < -0.39 is 0 Å². The van der Waals surface area contributed by atoms with Crippen molar-refractivity contribution in [3.8, 4) is 11.5 Å². The predicted octanol–water partition coefficient (Wildman–Crippen LogP) is 1.55. The first kappa shape index (κ1) is 12.8. The van der Waals surface area contributed by atoms with Crippen LogP contribution in [0.5, 0.6) is 11.5 Å². The van der Waals surface area contributed by atoms with E-state index in [0.717, 1.165) is 36.9 Å². The van der Waals surface area contributed by atoms with Crippen LogP contribution in [0.4, 0.5) is 0 Å². The average molecular weight is 262 g/mol. The molecule has 2 aliphatic heterocycles. The van der Waals surface area contributed by atoms with Crippen LogP contribution in [-0.2, 0) is 6.42 Å². The molecule has 104 valence electrons. The summed E-state index contributed by atoms with van der Waals surface area (Å²) in [4.78, 5) is 0. The molecule has 0 aliphatic carbocycles. The molecule has 1 saturated heterocycles. The van der Waals surface area contributed by atoms with Crippen LogP contribution >= 0.6 is 0 Å². The molecule has 3 rings (SSSR count). The third-order valence-corrected chi connectivity index (χ3v) is 3.92. The van der Waals surface area contributed by atoms with E-state index >= 15 is 0 Å². The normalized spacial score (nSPS) is 20.9. The largest absolute Gasteiger partial charge is 0.454 e. The van der Waals surface area contributed by atoms with Crippen molar-refractivity contribution in [1.82, 2.24) is 10.6 Å². The van der Waals surface area contributed by atoms with Gasteiger partial charge in [0, 0.05) is 0 Å². The van der Waals surface area contributed by atoms with Gasteiger partial charge in [-0.3, -0.25) is 0 Å². The smallest absolute Gasteiger partial charge is 0.231 e. The Kier molecular flexibility index (Phi) is 4.20. The van der Waals surface area contributed by atoms with Crippen LogP contribution in [0.2, 0.25) is 0 Å². The molecule has 4 heteroatoms. The number of nitrogens with one attached hydrogen (secondary N) is 2. The van der Waals surface area contributed by atoms with Gasteiger partial charge in [0.05, 0.1) is 0 Å². The van der Waals surface area contributed by atoms with Gasteiger partial charge < -0.3 is 20.1 Å². The molecule has 0 radical (unpaired) electrons. The lowest BCUT2D eigenvalue weighted by Gasteiger charge is -2.09. The molecule has 0 bridgehead atoms. The molecule has 0 aromatic heterocycles. The summed E-state index contributed by atoms with van der Waals surface area (Å²) in [5.41, 5.74) is 1.30. The van der Waals surface area contributed by atoms with E-state index in [1.807, 2.05) is 6.07 Å². The van der Waals surface area contributed by atoms with E-state index in [1.54, 1.807) is 0 Å². The summed E-state index contributed by atoms with van der Waals surface area (Å²) in [5, 5.41) is 6.94. The van der Waals surface area contributed by atoms with Gasteiger partial charge in [-0.15, -0.1) is 0 Å². The Balaban J connectivity index is 1.35. The molecule has 0 saturated carbocycles. The van der Waals surface area contributed by atoms with Gasteiger partial charge in [-0.25, -0.2) is 0 Å². The van der Waals surface area contributed by atoms with Gasteiger partial charge in [-0.2, -0.15) is 0 Å². The van der Waals surface area contributed by atoms with Crippen molar-refractivity contribution in [2.24, 2.45) is 5.92 Å². The van der Waals surface area contributed by atoms with Gasteiger partial charge in [0.15, 0.2) is 11.5 Å². The molecule has 1 aromatic rings. The Morgan fingerprint density at radius 2 is 2.16 bits per heavy atom. The first-order valence-corrected chi connectivity index (χ1v) is 7.22. The average Bonchev–Trinajstić information content (AvgIpc) is 3.08. The fourth-order valence-electron chi connectivity index (χ4n) is 2.72. The van der Waals surface area contributed by atoms with E-state index in [0.29, 0.717) is 6.79 Å². The van der Waals surface area contributed by atoms with Crippen LogP contribution in [-0.4, -0.2) is 33.0 Å². The van der Waals surface area contributed by atoms with Crippen molar-refractivity contribution in [1.29, 1.82) is 0 Å². The topological polar surface area (TPSA) is 42.5 Å². The summed E-state index contributed by atoms with van der Waals surface area (Å²) in [6, 6.07) is 6.21. The number of fused-ring (bicyclic) bond motifs is 1. The molecule has 2 N–H and O–H groups in total. The van der Waals surface area contributed by atoms with Crippen LogP contribution in [0.25, 0.3) is 0 Å². The minimum atomic E-state index is 0.354. The Hall–Kier alpha value is -1.26. The van der Waals surface area contributed by atoms with Gasteiger partial charge in [0.25, 0.3) is 0 Å². The quantitative estimate of drug-likeness (QED) is 0.763. The molecule has 2 heterocycles. The molecule has 1 fully saturated rings. The standard InChI is InChI=1S/C15H22N2O2/c1-2-14-15(19-11-18-14)9-12(1)3-6-16-7-4-13-5-8-17-10-13/h1-2,9,13,16-17H,3-8,10-11H2. The third-order valence-electron chi connectivity index (χ3n) is 3.92. The summed E-state index contributed by atoms with van der Waals surface area (Å²) >= 11 is 0. The maximum absolute atomic E-state index is 5.38. The fourth-order valence-corrected chi connectivity index (χ4v) is 2.72. The second-order valence-corrected chi connectivity index (χ2v) is 5.34. The van der Waals surface area contributed by atoms with Crippen molar-refractivity contribution in [3.05, 3.63) is 23.8 Å². The SMILES string of the molecule is c1cc2c(cc1CCNCCC1CCNC1)OCO2. The third kappa shape index (κ3) is 3.39. The minimum absolute atomic E-state index is 0.354. The van der Waals surface area contributed by atoms with E-state index in [1.165, 1.54) is 31.5 Å². The van der Waals surface area contributed by atoms with Crippen LogP contribution in [0.3, 0.4) is 0 Å². The zero-order chi connectivity index (χ0) is 12.9. The maximum Gasteiger partial charge on any atom is 0.231 e. The molecular formula is C15H22N2O2. The molecule has 1 unspecified atom stereocenters. The molecule has 0 spiro atoms.